The lowest BCUT2D eigenvalue weighted by molar-refractivity contribution is 0.0526. The Morgan fingerprint density at radius 1 is 0.963 bits per heavy atom. The summed E-state index contributed by atoms with van der Waals surface area (Å²) in [5, 5.41) is 3.16. The molecule has 0 radical (unpaired) electrons. The van der Waals surface area contributed by atoms with Crippen LogP contribution in [0.25, 0.3) is 0 Å². The molecular formula is C22H45NO3Si. The smallest absolute Gasteiger partial charge is 0.407 e. The lowest BCUT2D eigenvalue weighted by Gasteiger charge is -2.38. The van der Waals surface area contributed by atoms with E-state index in [1.54, 1.807) is 0 Å². The summed E-state index contributed by atoms with van der Waals surface area (Å²) in [6.07, 6.45) is 8.51. The lowest BCUT2D eigenvalue weighted by Crippen LogP contribution is -2.42. The zero-order chi connectivity index (χ0) is 20.7. The molecule has 0 saturated heterocycles. The summed E-state index contributed by atoms with van der Waals surface area (Å²) >= 11 is 0. The monoisotopic (exact) mass is 399 g/mol. The molecule has 0 unspecified atom stereocenters. The maximum Gasteiger partial charge on any atom is 0.407 e. The normalized spacial score (nSPS) is 21.8. The molecule has 1 saturated carbocycles. The van der Waals surface area contributed by atoms with Gasteiger partial charge in [-0.05, 0) is 70.0 Å². The molecule has 0 aromatic heterocycles. The Kier molecular flexibility index (Phi) is 9.33. The fourth-order valence-corrected chi connectivity index (χ4v) is 4.38. The molecule has 1 aliphatic carbocycles. The molecule has 0 heterocycles. The van der Waals surface area contributed by atoms with Gasteiger partial charge < -0.3 is 14.5 Å². The van der Waals surface area contributed by atoms with Crippen LogP contribution in [0.2, 0.25) is 18.1 Å². The van der Waals surface area contributed by atoms with Crippen LogP contribution >= 0.6 is 0 Å². The molecule has 1 fully saturated rings. The first-order chi connectivity index (χ1) is 12.3. The molecule has 27 heavy (non-hydrogen) atoms. The van der Waals surface area contributed by atoms with E-state index >= 15 is 0 Å². The summed E-state index contributed by atoms with van der Waals surface area (Å²) in [6.45, 7) is 19.0. The summed E-state index contributed by atoms with van der Waals surface area (Å²) in [5.41, 5.74) is -0.420. The fourth-order valence-electron chi connectivity index (χ4n) is 3.29. The summed E-state index contributed by atoms with van der Waals surface area (Å²) in [6, 6.07) is 0. The topological polar surface area (TPSA) is 47.6 Å². The van der Waals surface area contributed by atoms with Gasteiger partial charge >= 0.3 is 6.09 Å². The molecule has 0 aromatic carbocycles. The molecule has 4 nitrogen and oxygen atoms in total. The van der Waals surface area contributed by atoms with Gasteiger partial charge in [-0.3, -0.25) is 0 Å². The molecule has 5 heteroatoms. The minimum Gasteiger partial charge on any atom is -0.444 e. The Morgan fingerprint density at radius 3 is 2.04 bits per heavy atom. The lowest BCUT2D eigenvalue weighted by atomic mass is 9.80. The van der Waals surface area contributed by atoms with E-state index in [4.69, 9.17) is 9.16 Å². The molecule has 0 aromatic rings. The van der Waals surface area contributed by atoms with E-state index in [0.717, 1.165) is 24.9 Å². The summed E-state index contributed by atoms with van der Waals surface area (Å²) < 4.78 is 11.7. The van der Waals surface area contributed by atoms with Crippen LogP contribution in [-0.4, -0.2) is 33.2 Å². The van der Waals surface area contributed by atoms with E-state index in [-0.39, 0.29) is 6.09 Å². The zero-order valence-corrected chi connectivity index (χ0v) is 20.2. The van der Waals surface area contributed by atoms with Gasteiger partial charge in [-0.15, -0.1) is 0 Å². The van der Waals surface area contributed by atoms with Crippen molar-refractivity contribution in [2.45, 2.75) is 110 Å². The Hall–Kier alpha value is -0.553. The van der Waals surface area contributed by atoms with Crippen LogP contribution in [0.5, 0.6) is 0 Å². The molecule has 0 bridgehead atoms. The minimum absolute atomic E-state index is 0.301. The minimum atomic E-state index is -1.61. The standard InChI is InChI=1S/C22H45NO3Si/c1-21(2,3)26-20(24)23-16-10-9-11-18-12-14-19(15-13-18)17-25-27(7,8)22(4,5)6/h18-19H,9-17H2,1-8H3,(H,23,24). The van der Waals surface area contributed by atoms with Gasteiger partial charge in [0.15, 0.2) is 8.32 Å². The Labute approximate surface area is 169 Å². The zero-order valence-electron chi connectivity index (χ0n) is 19.2. The first-order valence-corrected chi connectivity index (χ1v) is 13.8. The number of ether oxygens (including phenoxy) is 1. The highest BCUT2D eigenvalue weighted by Gasteiger charge is 2.37. The molecular weight excluding hydrogens is 354 g/mol. The quantitative estimate of drug-likeness (QED) is 0.374. The Morgan fingerprint density at radius 2 is 1.52 bits per heavy atom. The number of rotatable bonds is 8. The van der Waals surface area contributed by atoms with Crippen molar-refractivity contribution < 1.29 is 14.0 Å². The fraction of sp³-hybridized carbons (Fsp3) is 0.955. The van der Waals surface area contributed by atoms with E-state index in [9.17, 15) is 4.79 Å². The van der Waals surface area contributed by atoms with E-state index in [1.807, 2.05) is 20.8 Å². The predicted molar refractivity (Wildman–Crippen MR) is 117 cm³/mol. The first-order valence-electron chi connectivity index (χ1n) is 10.9. The van der Waals surface area contributed by atoms with Crippen LogP contribution in [0.15, 0.2) is 0 Å². The Balaban J connectivity index is 2.12. The van der Waals surface area contributed by atoms with Crippen molar-refractivity contribution >= 4 is 14.4 Å². The SMILES string of the molecule is CC(C)(C)OC(=O)NCCCCC1CCC(CO[Si](C)(C)C(C)(C)C)CC1. The number of alkyl carbamates (subject to hydrolysis) is 1. The second kappa shape index (κ2) is 10.3. The molecule has 0 atom stereocenters. The van der Waals surface area contributed by atoms with Crippen molar-refractivity contribution in [3.05, 3.63) is 0 Å². The summed E-state index contributed by atoms with van der Waals surface area (Å²) in [7, 11) is -1.61. The largest absolute Gasteiger partial charge is 0.444 e. The average molecular weight is 400 g/mol. The summed E-state index contributed by atoms with van der Waals surface area (Å²) in [5.74, 6) is 1.61. The number of carbonyl (C=O) groups is 1. The van der Waals surface area contributed by atoms with Crippen molar-refractivity contribution in [3.63, 3.8) is 0 Å². The third kappa shape index (κ3) is 9.98. The number of hydrogen-bond acceptors (Lipinski definition) is 3. The van der Waals surface area contributed by atoms with Gasteiger partial charge in [0.05, 0.1) is 0 Å². The van der Waals surface area contributed by atoms with Gasteiger partial charge in [-0.2, -0.15) is 0 Å². The van der Waals surface area contributed by atoms with Crippen LogP contribution in [0.1, 0.15) is 86.5 Å². The van der Waals surface area contributed by atoms with E-state index in [2.05, 4.69) is 39.2 Å². The van der Waals surface area contributed by atoms with Crippen LogP contribution in [0, 0.1) is 11.8 Å². The second-order valence-corrected chi connectivity index (χ2v) is 15.7. The van der Waals surface area contributed by atoms with Crippen molar-refractivity contribution in [2.75, 3.05) is 13.2 Å². The molecule has 1 amide bonds. The van der Waals surface area contributed by atoms with Gasteiger partial charge in [-0.1, -0.05) is 46.5 Å². The van der Waals surface area contributed by atoms with Crippen LogP contribution < -0.4 is 5.32 Å². The second-order valence-electron chi connectivity index (χ2n) is 10.9. The van der Waals surface area contributed by atoms with Gasteiger partial charge in [0, 0.05) is 13.2 Å². The number of hydrogen-bond donors (Lipinski definition) is 1. The summed E-state index contributed by atoms with van der Waals surface area (Å²) in [4.78, 5) is 11.6. The molecule has 0 spiro atoms. The van der Waals surface area contributed by atoms with Gasteiger partial charge in [-0.25, -0.2) is 4.79 Å². The highest BCUT2D eigenvalue weighted by atomic mass is 28.4. The number of amides is 1. The van der Waals surface area contributed by atoms with E-state index < -0.39 is 13.9 Å². The van der Waals surface area contributed by atoms with E-state index in [0.29, 0.717) is 11.6 Å². The average Bonchev–Trinajstić information content (AvgIpc) is 2.51. The van der Waals surface area contributed by atoms with Crippen molar-refractivity contribution in [1.82, 2.24) is 5.32 Å². The number of unbranched alkanes of at least 4 members (excludes halogenated alkanes) is 1. The van der Waals surface area contributed by atoms with Gasteiger partial charge in [0.25, 0.3) is 0 Å². The first kappa shape index (κ1) is 24.5. The van der Waals surface area contributed by atoms with Crippen LogP contribution in [0.3, 0.4) is 0 Å². The Bertz CT molecular complexity index is 443. The molecule has 160 valence electrons. The van der Waals surface area contributed by atoms with Gasteiger partial charge in [0.1, 0.15) is 5.60 Å². The van der Waals surface area contributed by atoms with Crippen molar-refractivity contribution in [1.29, 1.82) is 0 Å². The van der Waals surface area contributed by atoms with Gasteiger partial charge in [0.2, 0.25) is 0 Å². The van der Waals surface area contributed by atoms with Crippen molar-refractivity contribution in [2.24, 2.45) is 11.8 Å². The third-order valence-corrected chi connectivity index (χ3v) is 10.7. The van der Waals surface area contributed by atoms with Crippen LogP contribution in [0.4, 0.5) is 4.79 Å². The highest BCUT2D eigenvalue weighted by Crippen LogP contribution is 2.38. The third-order valence-electron chi connectivity index (χ3n) is 6.16. The van der Waals surface area contributed by atoms with Crippen LogP contribution in [-0.2, 0) is 9.16 Å². The van der Waals surface area contributed by atoms with E-state index in [1.165, 1.54) is 38.5 Å². The maximum atomic E-state index is 11.6. The van der Waals surface area contributed by atoms with Crippen molar-refractivity contribution in [3.8, 4) is 0 Å². The molecule has 1 N–H and O–H groups in total. The molecule has 1 aliphatic rings. The molecule has 0 aliphatic heterocycles. The number of nitrogens with one attached hydrogen (secondary N) is 1. The maximum absolute atomic E-state index is 11.6. The number of carbonyl (C=O) groups excluding carboxylic acids is 1. The molecule has 1 rings (SSSR count). The predicted octanol–water partition coefficient (Wildman–Crippen LogP) is 6.51. The highest BCUT2D eigenvalue weighted by molar-refractivity contribution is 6.74.